The summed E-state index contributed by atoms with van der Waals surface area (Å²) in [5, 5.41) is 3.53. The van der Waals surface area contributed by atoms with Crippen LogP contribution in [0.3, 0.4) is 0 Å². The van der Waals surface area contributed by atoms with Crippen molar-refractivity contribution in [3.8, 4) is 179 Å². The van der Waals surface area contributed by atoms with E-state index >= 15 is 0 Å². The van der Waals surface area contributed by atoms with E-state index in [0.29, 0.717) is 45.9 Å². The van der Waals surface area contributed by atoms with Crippen LogP contribution in [0.5, 0.6) is 0 Å². The fraction of sp³-hybridized carbons (Fsp3) is 0.119. The molecule has 21 rings (SSSR count). The molecule has 16 aromatic carbocycles. The van der Waals surface area contributed by atoms with E-state index in [1.54, 1.807) is 0 Å². The second-order valence-corrected chi connectivity index (χ2v) is 33.1. The number of aryl methyl sites for hydroxylation is 2. The maximum Gasteiger partial charge on any atom is 2.00 e. The SMILES string of the molecule is CCCCCCCc1ccc(CCCCCCC)c2c3nc4nc(nc5[n-]c(nc6nc(nc([n-]3)c12)-c1c(-c2ccccc2)c(-c2ccccc2)c(-c2ccccc2)c(-c2ccccc2)c1-6)c1c(-c2ccccc2)c(-c2ccccc2)c(-c2ccccc2)c(-c2ccccc2)c51)-c1c(-c2ccccc2)c(-c2ccccc2)c(-c2ccccc2)c(-c2ccccc2)c1-4.[Ni+2]. The van der Waals surface area contributed by atoms with Crippen LogP contribution in [-0.2, 0) is 29.3 Å². The summed E-state index contributed by atoms with van der Waals surface area (Å²) in [5.74, 6) is 1.81. The van der Waals surface area contributed by atoms with E-state index < -0.39 is 0 Å². The van der Waals surface area contributed by atoms with Crippen molar-refractivity contribution in [3.63, 3.8) is 0 Å². The Hall–Kier alpha value is -14.6. The van der Waals surface area contributed by atoms with Crippen LogP contribution in [0.25, 0.3) is 223 Å². The predicted molar refractivity (Wildman–Crippen MR) is 524 cm³/mol. The van der Waals surface area contributed by atoms with Crippen LogP contribution in [0.15, 0.2) is 376 Å². The Bertz CT molecular complexity index is 6950. The van der Waals surface area contributed by atoms with Gasteiger partial charge in [-0.2, -0.15) is 0 Å². The molecule has 0 atom stereocenters. The molecule has 5 heterocycles. The zero-order chi connectivity index (χ0) is 84.2. The molecule has 19 aromatic rings. The normalized spacial score (nSPS) is 11.5. The summed E-state index contributed by atoms with van der Waals surface area (Å²) in [6.45, 7) is 4.59. The standard InChI is InChI=1S/C118H92N8.Ni/c1-3-5-7-9-23-73-89-75-76-90(74-24-10-8-6-4-2)104-103(89)111-119-112(104)121-114-106-98(84-63-39-18-40-64-84)92(78-51-27-12-28-52-78)94(80-55-31-14-32-56-80)100(86-67-43-20-44-68-86)108(106)116(123-114)125-118-110-102(88-71-47-22-48-72-88)96(82-59-35-16-36-60-82)95(81-57-33-15-34-58-81)101(87-69-45-21-46-70-87)109(110)117(126-118)124-115-107-99(85-65-41-19-42-66-85)93(79-53-29-13-30-54-79)91(77-49-25-11-26-50-77)97(83-61-37-17-38-62-83)105(107)113(120-111)122-115;/h11-22,25-72,75-76H,3-10,23-24,73-74H2,1-2H3;/q-2;+2. The Labute approximate surface area is 752 Å². The molecule has 2 aliphatic heterocycles. The number of unbranched alkanes of at least 4 members (excludes halogenated alkanes) is 8. The van der Waals surface area contributed by atoms with Gasteiger partial charge in [0.2, 0.25) is 0 Å². The quantitative estimate of drug-likeness (QED) is 0.0435. The number of fused-ring (bicyclic) bond motifs is 20. The number of nitrogens with zero attached hydrogens (tertiary/aromatic N) is 8. The van der Waals surface area contributed by atoms with Crippen molar-refractivity contribution in [2.45, 2.75) is 90.9 Å². The van der Waals surface area contributed by atoms with Gasteiger partial charge in [0, 0.05) is 77.9 Å². The monoisotopic (exact) mass is 1680 g/mol. The van der Waals surface area contributed by atoms with E-state index in [0.717, 1.165) is 242 Å². The molecule has 0 saturated carbocycles. The number of hydrogen-bond donors (Lipinski definition) is 0. The van der Waals surface area contributed by atoms with Crippen molar-refractivity contribution in [1.82, 2.24) is 39.9 Å². The molecule has 0 saturated heterocycles. The second-order valence-electron chi connectivity index (χ2n) is 33.1. The van der Waals surface area contributed by atoms with Crippen molar-refractivity contribution in [1.29, 1.82) is 0 Å². The maximum atomic E-state index is 6.44. The Morgan fingerprint density at radius 3 is 0.528 bits per heavy atom. The molecule has 2 aliphatic rings. The molecular weight excluding hydrogens is 1590 g/mol. The van der Waals surface area contributed by atoms with E-state index in [-0.39, 0.29) is 16.5 Å². The molecule has 8 nitrogen and oxygen atoms in total. The third kappa shape index (κ3) is 15.2. The summed E-state index contributed by atoms with van der Waals surface area (Å²) in [6.07, 6.45) is 12.7. The molecule has 8 bridgehead atoms. The molecule has 127 heavy (non-hydrogen) atoms. The topological polar surface area (TPSA) is 106 Å². The van der Waals surface area contributed by atoms with Gasteiger partial charge in [0.25, 0.3) is 0 Å². The number of rotatable bonds is 24. The smallest absolute Gasteiger partial charge is 0.357 e. The second kappa shape index (κ2) is 36.3. The summed E-state index contributed by atoms with van der Waals surface area (Å²) in [5.41, 5.74) is 31.4. The third-order valence-corrected chi connectivity index (χ3v) is 25.2. The van der Waals surface area contributed by atoms with Gasteiger partial charge in [-0.25, -0.2) is 9.97 Å². The molecule has 0 unspecified atom stereocenters. The van der Waals surface area contributed by atoms with Crippen LogP contribution >= 0.6 is 0 Å². The van der Waals surface area contributed by atoms with Crippen LogP contribution in [-0.4, -0.2) is 29.9 Å². The zero-order valence-corrected chi connectivity index (χ0v) is 72.2. The van der Waals surface area contributed by atoms with Crippen molar-refractivity contribution >= 4 is 44.1 Å². The minimum atomic E-state index is 0. The molecule has 0 fully saturated rings. The predicted octanol–water partition coefficient (Wildman–Crippen LogP) is 31.2. The van der Waals surface area contributed by atoms with Gasteiger partial charge < -0.3 is 29.9 Å². The van der Waals surface area contributed by atoms with Gasteiger partial charge in [-0.15, -0.1) is 0 Å². The first-order valence-corrected chi connectivity index (χ1v) is 44.8. The minimum absolute atomic E-state index is 0. The van der Waals surface area contributed by atoms with Gasteiger partial charge >= 0.3 is 16.5 Å². The van der Waals surface area contributed by atoms with Gasteiger partial charge in [-0.3, -0.25) is 0 Å². The van der Waals surface area contributed by atoms with Gasteiger partial charge in [0.1, 0.15) is 0 Å². The van der Waals surface area contributed by atoms with Gasteiger partial charge in [0.15, 0.2) is 0 Å². The van der Waals surface area contributed by atoms with Crippen LogP contribution < -0.4 is 9.97 Å². The molecule has 3 aromatic heterocycles. The third-order valence-electron chi connectivity index (χ3n) is 25.2. The molecule has 9 heteroatoms. The Morgan fingerprint density at radius 1 is 0.165 bits per heavy atom. The Kier molecular flexibility index (Phi) is 23.1. The molecule has 0 aliphatic carbocycles. The first kappa shape index (κ1) is 80.8. The van der Waals surface area contributed by atoms with E-state index in [4.69, 9.17) is 39.9 Å². The summed E-state index contributed by atoms with van der Waals surface area (Å²) in [6, 6.07) is 136. The average Bonchev–Trinajstić information content (AvgIpc) is 1.58. The number of hydrogen-bond acceptors (Lipinski definition) is 6. The van der Waals surface area contributed by atoms with Crippen molar-refractivity contribution in [2.24, 2.45) is 0 Å². The Balaban J connectivity index is 0.0000102. The van der Waals surface area contributed by atoms with Crippen LogP contribution in [0.2, 0.25) is 0 Å². The van der Waals surface area contributed by atoms with Crippen LogP contribution in [0, 0.1) is 0 Å². The maximum absolute atomic E-state index is 6.44. The summed E-state index contributed by atoms with van der Waals surface area (Å²) in [7, 11) is 0. The van der Waals surface area contributed by atoms with Gasteiger partial charge in [-0.05, 0) is 159 Å². The van der Waals surface area contributed by atoms with E-state index in [2.05, 4.69) is 390 Å². The fourth-order valence-corrected chi connectivity index (χ4v) is 19.7. The number of benzene rings is 16. The van der Waals surface area contributed by atoms with E-state index in [1.165, 1.54) is 24.0 Å². The molecule has 0 N–H and O–H groups in total. The van der Waals surface area contributed by atoms with Gasteiger partial charge in [0.05, 0.1) is 23.3 Å². The van der Waals surface area contributed by atoms with Crippen molar-refractivity contribution < 1.29 is 16.5 Å². The molecule has 0 spiro atoms. The molecule has 614 valence electrons. The summed E-state index contributed by atoms with van der Waals surface area (Å²) >= 11 is 0. The largest absolute Gasteiger partial charge is 2.00 e. The van der Waals surface area contributed by atoms with Crippen LogP contribution in [0.4, 0.5) is 0 Å². The van der Waals surface area contributed by atoms with Gasteiger partial charge in [-0.1, -0.05) is 441 Å². The van der Waals surface area contributed by atoms with Crippen molar-refractivity contribution in [2.75, 3.05) is 0 Å². The van der Waals surface area contributed by atoms with E-state index in [9.17, 15) is 0 Å². The first-order valence-electron chi connectivity index (χ1n) is 44.8. The van der Waals surface area contributed by atoms with Crippen LogP contribution in [0.1, 0.15) is 89.2 Å². The number of aromatic nitrogens is 8. The molecule has 0 radical (unpaired) electrons. The summed E-state index contributed by atoms with van der Waals surface area (Å²) in [4.78, 5) is 50.4. The average molecular weight is 1680 g/mol. The zero-order valence-electron chi connectivity index (χ0n) is 71.2. The molecule has 0 amide bonds. The van der Waals surface area contributed by atoms with Crippen molar-refractivity contribution in [3.05, 3.63) is 387 Å². The first-order chi connectivity index (χ1) is 62.5. The van der Waals surface area contributed by atoms with E-state index in [1.807, 2.05) is 0 Å². The fourth-order valence-electron chi connectivity index (χ4n) is 19.7. The minimum Gasteiger partial charge on any atom is -0.357 e. The Morgan fingerprint density at radius 2 is 0.331 bits per heavy atom. The summed E-state index contributed by atoms with van der Waals surface area (Å²) < 4.78 is 0. The molecular formula is C118H92N8Ni.